The highest BCUT2D eigenvalue weighted by Gasteiger charge is 2.33. The first-order chi connectivity index (χ1) is 9.59. The zero-order valence-corrected chi connectivity index (χ0v) is 11.1. The van der Waals surface area contributed by atoms with E-state index >= 15 is 0 Å². The van der Waals surface area contributed by atoms with Gasteiger partial charge in [-0.25, -0.2) is 4.79 Å². The zero-order valence-electron chi connectivity index (χ0n) is 11.1. The van der Waals surface area contributed by atoms with E-state index in [1.165, 1.54) is 4.90 Å². The van der Waals surface area contributed by atoms with Gasteiger partial charge in [0.15, 0.2) is 5.78 Å². The van der Waals surface area contributed by atoms with E-state index in [-0.39, 0.29) is 24.5 Å². The van der Waals surface area contributed by atoms with Gasteiger partial charge >= 0.3 is 5.97 Å². The first-order valence-corrected chi connectivity index (χ1v) is 6.70. The Hall–Kier alpha value is -2.17. The van der Waals surface area contributed by atoms with Crippen LogP contribution in [0.25, 0.3) is 0 Å². The Kier molecular flexibility index (Phi) is 4.50. The number of rotatable bonds is 5. The average molecular weight is 275 g/mol. The monoisotopic (exact) mass is 275 g/mol. The summed E-state index contributed by atoms with van der Waals surface area (Å²) < 4.78 is 0. The number of carboxylic acid groups (broad SMARTS) is 1. The quantitative estimate of drug-likeness (QED) is 0.830. The molecule has 1 aliphatic rings. The normalized spacial score (nSPS) is 18.0. The summed E-state index contributed by atoms with van der Waals surface area (Å²) in [5, 5.41) is 9.03. The molecule has 106 valence electrons. The van der Waals surface area contributed by atoms with Gasteiger partial charge in [-0.05, 0) is 12.8 Å². The van der Waals surface area contributed by atoms with Crippen LogP contribution in [0.3, 0.4) is 0 Å². The van der Waals surface area contributed by atoms with E-state index in [4.69, 9.17) is 5.11 Å². The van der Waals surface area contributed by atoms with Crippen molar-refractivity contribution in [3.8, 4) is 0 Å². The Bertz CT molecular complexity index is 512. The predicted molar refractivity (Wildman–Crippen MR) is 72.4 cm³/mol. The number of carbonyl (C=O) groups is 3. The van der Waals surface area contributed by atoms with Crippen LogP contribution < -0.4 is 0 Å². The third kappa shape index (κ3) is 3.23. The van der Waals surface area contributed by atoms with Crippen molar-refractivity contribution in [3.05, 3.63) is 35.9 Å². The van der Waals surface area contributed by atoms with E-state index in [0.717, 1.165) is 0 Å². The number of Topliss-reactive ketones (excluding diaryl/α,β-unsaturated/α-hetero) is 1. The van der Waals surface area contributed by atoms with Crippen LogP contribution in [0.15, 0.2) is 30.3 Å². The molecule has 1 N–H and O–H groups in total. The topological polar surface area (TPSA) is 74.7 Å². The van der Waals surface area contributed by atoms with Crippen molar-refractivity contribution in [3.63, 3.8) is 0 Å². The van der Waals surface area contributed by atoms with Gasteiger partial charge in [0, 0.05) is 24.9 Å². The lowest BCUT2D eigenvalue weighted by atomic mass is 10.1. The first-order valence-electron chi connectivity index (χ1n) is 6.70. The fourth-order valence-corrected chi connectivity index (χ4v) is 2.45. The second-order valence-corrected chi connectivity index (χ2v) is 4.87. The molecule has 1 aromatic carbocycles. The zero-order chi connectivity index (χ0) is 14.5. The van der Waals surface area contributed by atoms with Gasteiger partial charge in [0.2, 0.25) is 5.91 Å². The number of ketones is 1. The van der Waals surface area contributed by atoms with Crippen molar-refractivity contribution in [2.24, 2.45) is 0 Å². The molecule has 1 heterocycles. The van der Waals surface area contributed by atoms with Crippen molar-refractivity contribution in [1.82, 2.24) is 4.90 Å². The summed E-state index contributed by atoms with van der Waals surface area (Å²) >= 11 is 0. The van der Waals surface area contributed by atoms with Crippen LogP contribution in [-0.2, 0) is 9.59 Å². The highest BCUT2D eigenvalue weighted by Crippen LogP contribution is 2.19. The summed E-state index contributed by atoms with van der Waals surface area (Å²) in [5.74, 6) is -1.31. The van der Waals surface area contributed by atoms with E-state index in [1.54, 1.807) is 24.3 Å². The maximum absolute atomic E-state index is 12.0. The molecule has 0 aliphatic carbocycles. The van der Waals surface area contributed by atoms with Crippen molar-refractivity contribution >= 4 is 17.7 Å². The molecule has 1 fully saturated rings. The maximum atomic E-state index is 12.0. The van der Waals surface area contributed by atoms with Gasteiger partial charge in [-0.1, -0.05) is 30.3 Å². The minimum Gasteiger partial charge on any atom is -0.480 e. The summed E-state index contributed by atoms with van der Waals surface area (Å²) in [6.07, 6.45) is 1.38. The van der Waals surface area contributed by atoms with Gasteiger partial charge in [0.1, 0.15) is 6.04 Å². The van der Waals surface area contributed by atoms with Crippen molar-refractivity contribution in [2.75, 3.05) is 6.54 Å². The Balaban J connectivity index is 1.89. The predicted octanol–water partition coefficient (Wildman–Crippen LogP) is 1.73. The molecule has 5 heteroatoms. The van der Waals surface area contributed by atoms with Gasteiger partial charge in [-0.3, -0.25) is 9.59 Å². The Morgan fingerprint density at radius 1 is 1.15 bits per heavy atom. The molecule has 5 nitrogen and oxygen atoms in total. The van der Waals surface area contributed by atoms with Crippen LogP contribution >= 0.6 is 0 Å². The lowest BCUT2D eigenvalue weighted by molar-refractivity contribution is -0.148. The van der Waals surface area contributed by atoms with Gasteiger partial charge in [0.05, 0.1) is 0 Å². The SMILES string of the molecule is O=C(CCC(=O)N1CCCC1C(=O)O)c1ccccc1. The van der Waals surface area contributed by atoms with Crippen LogP contribution in [-0.4, -0.2) is 40.3 Å². The molecular weight excluding hydrogens is 258 g/mol. The molecular formula is C15H17NO4. The molecule has 0 saturated carbocycles. The fraction of sp³-hybridized carbons (Fsp3) is 0.400. The Morgan fingerprint density at radius 2 is 1.85 bits per heavy atom. The molecule has 0 bridgehead atoms. The van der Waals surface area contributed by atoms with E-state index in [2.05, 4.69) is 0 Å². The van der Waals surface area contributed by atoms with Gasteiger partial charge < -0.3 is 10.0 Å². The lowest BCUT2D eigenvalue weighted by Gasteiger charge is -2.21. The minimum absolute atomic E-state index is 0.0670. The van der Waals surface area contributed by atoms with Gasteiger partial charge in [-0.15, -0.1) is 0 Å². The summed E-state index contributed by atoms with van der Waals surface area (Å²) in [6.45, 7) is 0.468. The van der Waals surface area contributed by atoms with E-state index in [9.17, 15) is 14.4 Å². The third-order valence-electron chi connectivity index (χ3n) is 3.52. The van der Waals surface area contributed by atoms with E-state index < -0.39 is 12.0 Å². The molecule has 0 aromatic heterocycles. The van der Waals surface area contributed by atoms with Crippen LogP contribution in [0, 0.1) is 0 Å². The number of nitrogens with zero attached hydrogens (tertiary/aromatic N) is 1. The number of likely N-dealkylation sites (tertiary alicyclic amines) is 1. The van der Waals surface area contributed by atoms with Crippen LogP contribution in [0.2, 0.25) is 0 Å². The van der Waals surface area contributed by atoms with Gasteiger partial charge in [-0.2, -0.15) is 0 Å². The number of hydrogen-bond acceptors (Lipinski definition) is 3. The van der Waals surface area contributed by atoms with Crippen LogP contribution in [0.1, 0.15) is 36.0 Å². The molecule has 1 aliphatic heterocycles. The van der Waals surface area contributed by atoms with Gasteiger partial charge in [0.25, 0.3) is 0 Å². The number of aliphatic carboxylic acids is 1. The standard InChI is InChI=1S/C15H17NO4/c17-13(11-5-2-1-3-6-11)8-9-14(18)16-10-4-7-12(16)15(19)20/h1-3,5-6,12H,4,7-10H2,(H,19,20). The number of amides is 1. The summed E-state index contributed by atoms with van der Waals surface area (Å²) in [6, 6.07) is 8.07. The number of hydrogen-bond donors (Lipinski definition) is 1. The average Bonchev–Trinajstić information content (AvgIpc) is 2.95. The van der Waals surface area contributed by atoms with Crippen molar-refractivity contribution < 1.29 is 19.5 Å². The molecule has 0 radical (unpaired) electrons. The Labute approximate surface area is 117 Å². The summed E-state index contributed by atoms with van der Waals surface area (Å²) in [5.41, 5.74) is 0.580. The van der Waals surface area contributed by atoms with Crippen LogP contribution in [0.5, 0.6) is 0 Å². The van der Waals surface area contributed by atoms with Crippen molar-refractivity contribution in [1.29, 1.82) is 0 Å². The maximum Gasteiger partial charge on any atom is 0.326 e. The molecule has 1 atom stereocenters. The first kappa shape index (κ1) is 14.2. The lowest BCUT2D eigenvalue weighted by Crippen LogP contribution is -2.40. The molecule has 1 aromatic rings. The second-order valence-electron chi connectivity index (χ2n) is 4.87. The van der Waals surface area contributed by atoms with Crippen molar-refractivity contribution in [2.45, 2.75) is 31.7 Å². The van der Waals surface area contributed by atoms with Crippen LogP contribution in [0.4, 0.5) is 0 Å². The largest absolute Gasteiger partial charge is 0.480 e. The Morgan fingerprint density at radius 3 is 2.50 bits per heavy atom. The minimum atomic E-state index is -0.967. The highest BCUT2D eigenvalue weighted by molar-refractivity contribution is 5.98. The summed E-state index contributed by atoms with van der Waals surface area (Å²) in [7, 11) is 0. The fourth-order valence-electron chi connectivity index (χ4n) is 2.45. The van der Waals surface area contributed by atoms with E-state index in [0.29, 0.717) is 24.9 Å². The smallest absolute Gasteiger partial charge is 0.326 e. The number of carbonyl (C=O) groups excluding carboxylic acids is 2. The molecule has 1 amide bonds. The number of carboxylic acids is 1. The summed E-state index contributed by atoms with van der Waals surface area (Å²) in [4.78, 5) is 36.3. The molecule has 20 heavy (non-hydrogen) atoms. The molecule has 1 saturated heterocycles. The molecule has 1 unspecified atom stereocenters. The molecule has 2 rings (SSSR count). The highest BCUT2D eigenvalue weighted by atomic mass is 16.4. The molecule has 0 spiro atoms. The third-order valence-corrected chi connectivity index (χ3v) is 3.52. The van der Waals surface area contributed by atoms with E-state index in [1.807, 2.05) is 6.07 Å². The second kappa shape index (κ2) is 6.32. The number of benzene rings is 1.